The predicted molar refractivity (Wildman–Crippen MR) is 71.5 cm³/mol. The average Bonchev–Trinajstić information content (AvgIpc) is 2.46. The van der Waals surface area contributed by atoms with Crippen LogP contribution >= 0.6 is 11.6 Å². The number of hydrogen-bond acceptors (Lipinski definition) is 2. The summed E-state index contributed by atoms with van der Waals surface area (Å²) in [5, 5.41) is -0.0697. The highest BCUT2D eigenvalue weighted by Crippen LogP contribution is 2.25. The first kappa shape index (κ1) is 15.8. The maximum absolute atomic E-state index is 13.8. The van der Waals surface area contributed by atoms with E-state index in [4.69, 9.17) is 17.4 Å². The van der Waals surface area contributed by atoms with Crippen LogP contribution in [0.25, 0.3) is 0 Å². The van der Waals surface area contributed by atoms with Gasteiger partial charge in [0, 0.05) is 0 Å². The standard InChI is InChI=1S/C14H11ClF4N2/c15-9-3-1-2-7(13(9)18)6-12(21-20)8-4-10(16)14(19)11(17)5-8/h1-5,12,21H,6,20H2. The molecule has 0 radical (unpaired) electrons. The molecule has 3 N–H and O–H groups in total. The molecule has 0 saturated carbocycles. The summed E-state index contributed by atoms with van der Waals surface area (Å²) in [6, 6.07) is 5.21. The molecule has 0 fully saturated rings. The van der Waals surface area contributed by atoms with Gasteiger partial charge in [0.25, 0.3) is 0 Å². The van der Waals surface area contributed by atoms with E-state index in [1.54, 1.807) is 6.07 Å². The largest absolute Gasteiger partial charge is 0.271 e. The first-order chi connectivity index (χ1) is 9.93. The van der Waals surface area contributed by atoms with Crippen molar-refractivity contribution in [1.82, 2.24) is 5.43 Å². The fourth-order valence-electron chi connectivity index (χ4n) is 1.98. The Morgan fingerprint density at radius 2 is 1.67 bits per heavy atom. The lowest BCUT2D eigenvalue weighted by molar-refractivity contribution is 0.439. The van der Waals surface area contributed by atoms with Crippen LogP contribution in [0.4, 0.5) is 17.6 Å². The summed E-state index contributed by atoms with van der Waals surface area (Å²) in [5.41, 5.74) is 2.60. The van der Waals surface area contributed by atoms with Crippen LogP contribution in [0.1, 0.15) is 17.2 Å². The minimum absolute atomic E-state index is 0.00654. The Morgan fingerprint density at radius 3 is 2.24 bits per heavy atom. The molecule has 1 atom stereocenters. The van der Waals surface area contributed by atoms with Crippen molar-refractivity contribution in [1.29, 1.82) is 0 Å². The van der Waals surface area contributed by atoms with Gasteiger partial charge in [-0.1, -0.05) is 23.7 Å². The second-order valence-electron chi connectivity index (χ2n) is 4.43. The topological polar surface area (TPSA) is 38.0 Å². The number of nitrogens with one attached hydrogen (secondary N) is 1. The van der Waals surface area contributed by atoms with E-state index in [-0.39, 0.29) is 22.6 Å². The van der Waals surface area contributed by atoms with Gasteiger partial charge in [-0.3, -0.25) is 11.3 Å². The lowest BCUT2D eigenvalue weighted by atomic mass is 9.98. The Kier molecular flexibility index (Phi) is 4.82. The van der Waals surface area contributed by atoms with E-state index < -0.39 is 29.3 Å². The van der Waals surface area contributed by atoms with Gasteiger partial charge in [-0.25, -0.2) is 17.6 Å². The lowest BCUT2D eigenvalue weighted by Crippen LogP contribution is -2.30. The zero-order valence-corrected chi connectivity index (χ0v) is 11.4. The van der Waals surface area contributed by atoms with Gasteiger partial charge < -0.3 is 0 Å². The summed E-state index contributed by atoms with van der Waals surface area (Å²) in [5.74, 6) is 0.459. The highest BCUT2D eigenvalue weighted by Gasteiger charge is 2.19. The van der Waals surface area contributed by atoms with Crippen LogP contribution in [0.5, 0.6) is 0 Å². The van der Waals surface area contributed by atoms with Crippen LogP contribution in [0, 0.1) is 23.3 Å². The molecule has 2 aromatic carbocycles. The minimum atomic E-state index is -1.57. The Hall–Kier alpha value is -1.63. The second kappa shape index (κ2) is 6.43. The van der Waals surface area contributed by atoms with Crippen molar-refractivity contribution in [3.05, 3.63) is 69.8 Å². The van der Waals surface area contributed by atoms with E-state index in [1.807, 2.05) is 0 Å². The molecule has 0 aliphatic carbocycles. The summed E-state index contributed by atoms with van der Waals surface area (Å²) in [7, 11) is 0. The first-order valence-electron chi connectivity index (χ1n) is 5.97. The normalized spacial score (nSPS) is 12.5. The fraction of sp³-hybridized carbons (Fsp3) is 0.143. The van der Waals surface area contributed by atoms with E-state index in [9.17, 15) is 17.6 Å². The molecule has 2 nitrogen and oxygen atoms in total. The number of benzene rings is 2. The van der Waals surface area contributed by atoms with Gasteiger partial charge in [-0.2, -0.15) is 0 Å². The molecule has 0 aliphatic heterocycles. The molecule has 7 heteroatoms. The summed E-state index contributed by atoms with van der Waals surface area (Å²) in [4.78, 5) is 0. The minimum Gasteiger partial charge on any atom is -0.271 e. The Balaban J connectivity index is 2.34. The van der Waals surface area contributed by atoms with E-state index in [0.29, 0.717) is 0 Å². The molecule has 112 valence electrons. The van der Waals surface area contributed by atoms with Gasteiger partial charge in [0.05, 0.1) is 11.1 Å². The van der Waals surface area contributed by atoms with Crippen LogP contribution in [0.3, 0.4) is 0 Å². The van der Waals surface area contributed by atoms with E-state index in [0.717, 1.165) is 12.1 Å². The third-order valence-electron chi connectivity index (χ3n) is 3.07. The zero-order valence-electron chi connectivity index (χ0n) is 10.6. The summed E-state index contributed by atoms with van der Waals surface area (Å²) in [6.45, 7) is 0. The number of halogens is 5. The maximum Gasteiger partial charge on any atom is 0.194 e. The van der Waals surface area contributed by atoms with Crippen LogP contribution in [0.15, 0.2) is 30.3 Å². The third kappa shape index (κ3) is 3.34. The van der Waals surface area contributed by atoms with Gasteiger partial charge in [0.1, 0.15) is 5.82 Å². The SMILES string of the molecule is NNC(Cc1cccc(Cl)c1F)c1cc(F)c(F)c(F)c1. The molecule has 21 heavy (non-hydrogen) atoms. The molecule has 1 unspecified atom stereocenters. The molecule has 0 amide bonds. The first-order valence-corrected chi connectivity index (χ1v) is 6.35. The quantitative estimate of drug-likeness (QED) is 0.391. The zero-order chi connectivity index (χ0) is 15.6. The predicted octanol–water partition coefficient (Wildman–Crippen LogP) is 3.64. The van der Waals surface area contributed by atoms with Gasteiger partial charge in [-0.05, 0) is 35.7 Å². The third-order valence-corrected chi connectivity index (χ3v) is 3.36. The fourth-order valence-corrected chi connectivity index (χ4v) is 2.17. The molecule has 0 saturated heterocycles. The number of hydrazine groups is 1. The number of hydrogen-bond donors (Lipinski definition) is 2. The summed E-state index contributed by atoms with van der Waals surface area (Å²) < 4.78 is 53.3. The number of rotatable bonds is 4. The second-order valence-corrected chi connectivity index (χ2v) is 4.84. The van der Waals surface area contributed by atoms with E-state index in [2.05, 4.69) is 5.43 Å². The van der Waals surface area contributed by atoms with Crippen LogP contribution in [0.2, 0.25) is 5.02 Å². The molecule has 0 bridgehead atoms. The summed E-state index contributed by atoms with van der Waals surface area (Å²) >= 11 is 5.66. The van der Waals surface area contributed by atoms with Crippen LogP contribution in [-0.2, 0) is 6.42 Å². The summed E-state index contributed by atoms with van der Waals surface area (Å²) in [6.07, 6.45) is -0.00654. The Bertz CT molecular complexity index is 640. The van der Waals surface area contributed by atoms with Crippen LogP contribution < -0.4 is 11.3 Å². The van der Waals surface area contributed by atoms with Gasteiger partial charge in [-0.15, -0.1) is 0 Å². The van der Waals surface area contributed by atoms with Gasteiger partial charge in [0.15, 0.2) is 17.5 Å². The molecular formula is C14H11ClF4N2. The molecule has 2 rings (SSSR count). The molecule has 0 aromatic heterocycles. The van der Waals surface area contributed by atoms with Crippen molar-refractivity contribution in [2.24, 2.45) is 5.84 Å². The molecule has 0 aliphatic rings. The average molecular weight is 319 g/mol. The van der Waals surface area contributed by atoms with Crippen molar-refractivity contribution in [2.75, 3.05) is 0 Å². The van der Waals surface area contributed by atoms with E-state index in [1.165, 1.54) is 12.1 Å². The molecular weight excluding hydrogens is 308 g/mol. The van der Waals surface area contributed by atoms with Crippen LogP contribution in [-0.4, -0.2) is 0 Å². The molecule has 0 heterocycles. The smallest absolute Gasteiger partial charge is 0.194 e. The lowest BCUT2D eigenvalue weighted by Gasteiger charge is -2.17. The molecule has 0 spiro atoms. The van der Waals surface area contributed by atoms with Crippen molar-refractivity contribution in [3.8, 4) is 0 Å². The Morgan fingerprint density at radius 1 is 1.05 bits per heavy atom. The molecule has 2 aromatic rings. The van der Waals surface area contributed by atoms with Crippen molar-refractivity contribution in [3.63, 3.8) is 0 Å². The van der Waals surface area contributed by atoms with Gasteiger partial charge in [0.2, 0.25) is 0 Å². The maximum atomic E-state index is 13.8. The Labute approximate surface area is 123 Å². The highest BCUT2D eigenvalue weighted by molar-refractivity contribution is 6.30. The highest BCUT2D eigenvalue weighted by atomic mass is 35.5. The number of nitrogens with two attached hydrogens (primary N) is 1. The van der Waals surface area contributed by atoms with Gasteiger partial charge >= 0.3 is 0 Å². The van der Waals surface area contributed by atoms with Crippen molar-refractivity contribution >= 4 is 11.6 Å². The monoisotopic (exact) mass is 318 g/mol. The van der Waals surface area contributed by atoms with Crippen molar-refractivity contribution < 1.29 is 17.6 Å². The van der Waals surface area contributed by atoms with Crippen molar-refractivity contribution in [2.45, 2.75) is 12.5 Å². The van der Waals surface area contributed by atoms with E-state index >= 15 is 0 Å².